The molecule has 5 heteroatoms. The fourth-order valence-electron chi connectivity index (χ4n) is 2.77. The summed E-state index contributed by atoms with van der Waals surface area (Å²) in [6.07, 6.45) is -0.437. The highest BCUT2D eigenvalue weighted by Crippen LogP contribution is 2.46. The van der Waals surface area contributed by atoms with Crippen LogP contribution in [-0.2, 0) is 4.74 Å². The van der Waals surface area contributed by atoms with Crippen molar-refractivity contribution in [3.05, 3.63) is 35.9 Å². The van der Waals surface area contributed by atoms with Crippen LogP contribution in [0.5, 0.6) is 5.75 Å². The maximum Gasteiger partial charge on any atom is 0.414 e. The first-order valence-corrected chi connectivity index (χ1v) is 6.87. The summed E-state index contributed by atoms with van der Waals surface area (Å²) < 4.78 is 4.80. The first-order chi connectivity index (χ1) is 9.67. The Bertz CT molecular complexity index is 686. The summed E-state index contributed by atoms with van der Waals surface area (Å²) in [5, 5.41) is 12.2. The van der Waals surface area contributed by atoms with Crippen LogP contribution in [0, 0.1) is 0 Å². The molecule has 0 radical (unpaired) electrons. The third-order valence-corrected chi connectivity index (χ3v) is 4.09. The summed E-state index contributed by atoms with van der Waals surface area (Å²) >= 11 is 5.98. The van der Waals surface area contributed by atoms with Crippen LogP contribution in [0.1, 0.15) is 11.5 Å². The number of benzene rings is 2. The second-order valence-electron chi connectivity index (χ2n) is 4.81. The molecule has 0 aromatic heterocycles. The molecule has 20 heavy (non-hydrogen) atoms. The van der Waals surface area contributed by atoms with Crippen LogP contribution in [0.15, 0.2) is 30.3 Å². The number of methoxy groups -OCH3 is 1. The Hall–Kier alpha value is -1.94. The van der Waals surface area contributed by atoms with Crippen LogP contribution in [0.3, 0.4) is 0 Å². The van der Waals surface area contributed by atoms with Crippen molar-refractivity contribution in [1.82, 2.24) is 0 Å². The standard InChI is InChI=1S/C15H14ClNO3/c1-20-15(19)17-8-10(7-16)13-12(17)6-9-4-2-3-5-11(9)14(13)18/h2-6,10,18H,7-8H2,1H3/t10-/m0/s1. The topological polar surface area (TPSA) is 49.8 Å². The molecular formula is C15H14ClNO3. The molecule has 1 atom stereocenters. The smallest absolute Gasteiger partial charge is 0.414 e. The summed E-state index contributed by atoms with van der Waals surface area (Å²) in [6, 6.07) is 9.42. The van der Waals surface area contributed by atoms with Gasteiger partial charge in [0.05, 0.1) is 12.8 Å². The molecule has 2 aromatic carbocycles. The molecule has 0 bridgehead atoms. The van der Waals surface area contributed by atoms with Crippen molar-refractivity contribution < 1.29 is 14.6 Å². The second kappa shape index (κ2) is 4.87. The SMILES string of the molecule is COC(=O)N1C[C@H](CCl)c2c1cc1ccccc1c2O. The number of halogens is 1. The molecule has 1 aliphatic heterocycles. The molecule has 2 aromatic rings. The van der Waals surface area contributed by atoms with Gasteiger partial charge in [0.25, 0.3) is 0 Å². The molecule has 0 unspecified atom stereocenters. The summed E-state index contributed by atoms with van der Waals surface area (Å²) in [5.74, 6) is 0.456. The quantitative estimate of drug-likeness (QED) is 0.819. The molecule has 1 heterocycles. The zero-order valence-electron chi connectivity index (χ0n) is 11.0. The summed E-state index contributed by atoms with van der Waals surface area (Å²) in [7, 11) is 1.34. The average molecular weight is 292 g/mol. The van der Waals surface area contributed by atoms with Gasteiger partial charge >= 0.3 is 6.09 Å². The van der Waals surface area contributed by atoms with Crippen molar-refractivity contribution in [2.24, 2.45) is 0 Å². The highest BCUT2D eigenvalue weighted by atomic mass is 35.5. The van der Waals surface area contributed by atoms with Gasteiger partial charge < -0.3 is 9.84 Å². The van der Waals surface area contributed by atoms with Gasteiger partial charge in [0.1, 0.15) is 5.75 Å². The van der Waals surface area contributed by atoms with E-state index in [-0.39, 0.29) is 11.7 Å². The molecule has 0 spiro atoms. The summed E-state index contributed by atoms with van der Waals surface area (Å²) in [5.41, 5.74) is 1.41. The number of aromatic hydroxyl groups is 1. The first-order valence-electron chi connectivity index (χ1n) is 6.33. The lowest BCUT2D eigenvalue weighted by atomic mass is 9.97. The molecule has 0 fully saturated rings. The number of nitrogens with zero attached hydrogens (tertiary/aromatic N) is 1. The van der Waals surface area contributed by atoms with Crippen molar-refractivity contribution in [3.8, 4) is 5.75 Å². The molecule has 3 rings (SSSR count). The van der Waals surface area contributed by atoms with Gasteiger partial charge in [-0.2, -0.15) is 0 Å². The molecule has 0 saturated heterocycles. The number of ether oxygens (including phenoxy) is 1. The number of fused-ring (bicyclic) bond motifs is 2. The Kier molecular flexibility index (Phi) is 3.18. The van der Waals surface area contributed by atoms with Crippen molar-refractivity contribution in [3.63, 3.8) is 0 Å². The number of hydrogen-bond acceptors (Lipinski definition) is 3. The zero-order valence-corrected chi connectivity index (χ0v) is 11.7. The predicted octanol–water partition coefficient (Wildman–Crippen LogP) is 3.45. The van der Waals surface area contributed by atoms with Gasteiger partial charge in [-0.05, 0) is 11.5 Å². The third-order valence-electron chi connectivity index (χ3n) is 3.72. The van der Waals surface area contributed by atoms with E-state index in [1.165, 1.54) is 12.0 Å². The Balaban J connectivity index is 2.26. The fraction of sp³-hybridized carbons (Fsp3) is 0.267. The van der Waals surface area contributed by atoms with E-state index >= 15 is 0 Å². The number of carbonyl (C=O) groups is 1. The Labute approximate surface area is 121 Å². The number of anilines is 1. The number of alkyl halides is 1. The maximum atomic E-state index is 11.9. The van der Waals surface area contributed by atoms with Crippen molar-refractivity contribution in [2.45, 2.75) is 5.92 Å². The maximum absolute atomic E-state index is 11.9. The van der Waals surface area contributed by atoms with E-state index in [0.717, 1.165) is 16.3 Å². The van der Waals surface area contributed by atoms with Crippen LogP contribution in [0.25, 0.3) is 10.8 Å². The zero-order chi connectivity index (χ0) is 14.3. The minimum atomic E-state index is -0.437. The number of phenols is 1. The molecule has 0 aliphatic carbocycles. The molecule has 104 valence electrons. The molecule has 0 saturated carbocycles. The molecular weight excluding hydrogens is 278 g/mol. The second-order valence-corrected chi connectivity index (χ2v) is 5.12. The van der Waals surface area contributed by atoms with Gasteiger partial charge in [-0.15, -0.1) is 11.6 Å². The van der Waals surface area contributed by atoms with Crippen molar-refractivity contribution in [1.29, 1.82) is 0 Å². The first kappa shape index (κ1) is 13.1. The van der Waals surface area contributed by atoms with Crippen LogP contribution in [-0.4, -0.2) is 30.7 Å². The summed E-state index contributed by atoms with van der Waals surface area (Å²) in [6.45, 7) is 0.426. The number of phenolic OH excluding ortho intramolecular Hbond substituents is 1. The fourth-order valence-corrected chi connectivity index (χ4v) is 3.03. The van der Waals surface area contributed by atoms with E-state index in [0.29, 0.717) is 18.1 Å². The Morgan fingerprint density at radius 3 is 2.95 bits per heavy atom. The Morgan fingerprint density at radius 2 is 2.25 bits per heavy atom. The van der Waals surface area contributed by atoms with Crippen LogP contribution >= 0.6 is 11.6 Å². The van der Waals surface area contributed by atoms with Crippen molar-refractivity contribution in [2.75, 3.05) is 24.4 Å². The van der Waals surface area contributed by atoms with Crippen molar-refractivity contribution >= 4 is 34.2 Å². The minimum absolute atomic E-state index is 0.0876. The van der Waals surface area contributed by atoms with Gasteiger partial charge in [0, 0.05) is 29.3 Å². The predicted molar refractivity (Wildman–Crippen MR) is 78.8 cm³/mol. The lowest BCUT2D eigenvalue weighted by Crippen LogP contribution is -2.29. The molecule has 1 amide bonds. The van der Waals surface area contributed by atoms with Gasteiger partial charge in [-0.25, -0.2) is 4.79 Å². The number of amides is 1. The lowest BCUT2D eigenvalue weighted by molar-refractivity contribution is 0.179. The highest BCUT2D eigenvalue weighted by Gasteiger charge is 2.35. The Morgan fingerprint density at radius 1 is 1.50 bits per heavy atom. The lowest BCUT2D eigenvalue weighted by Gasteiger charge is -2.16. The highest BCUT2D eigenvalue weighted by molar-refractivity contribution is 6.18. The minimum Gasteiger partial charge on any atom is -0.507 e. The van der Waals surface area contributed by atoms with Crippen LogP contribution < -0.4 is 4.90 Å². The van der Waals surface area contributed by atoms with E-state index in [1.807, 2.05) is 30.3 Å². The molecule has 1 N–H and O–H groups in total. The summed E-state index contributed by atoms with van der Waals surface area (Å²) in [4.78, 5) is 13.4. The van der Waals surface area contributed by atoms with E-state index < -0.39 is 6.09 Å². The van der Waals surface area contributed by atoms with Gasteiger partial charge in [0.15, 0.2) is 0 Å². The molecule has 4 nitrogen and oxygen atoms in total. The third kappa shape index (κ3) is 1.79. The number of hydrogen-bond donors (Lipinski definition) is 1. The number of rotatable bonds is 1. The van der Waals surface area contributed by atoms with E-state index in [2.05, 4.69) is 0 Å². The molecule has 1 aliphatic rings. The average Bonchev–Trinajstić information content (AvgIpc) is 2.85. The number of carbonyl (C=O) groups excluding carboxylic acids is 1. The van der Waals surface area contributed by atoms with E-state index in [4.69, 9.17) is 16.3 Å². The van der Waals surface area contributed by atoms with Gasteiger partial charge in [-0.3, -0.25) is 4.90 Å². The van der Waals surface area contributed by atoms with Gasteiger partial charge in [0.2, 0.25) is 0 Å². The van der Waals surface area contributed by atoms with E-state index in [1.54, 1.807) is 0 Å². The van der Waals surface area contributed by atoms with Crippen LogP contribution in [0.4, 0.5) is 10.5 Å². The normalized spacial score (nSPS) is 17.3. The van der Waals surface area contributed by atoms with Gasteiger partial charge in [-0.1, -0.05) is 24.3 Å². The monoisotopic (exact) mass is 291 g/mol. The largest absolute Gasteiger partial charge is 0.507 e. The van der Waals surface area contributed by atoms with E-state index in [9.17, 15) is 9.90 Å². The van der Waals surface area contributed by atoms with Crippen LogP contribution in [0.2, 0.25) is 0 Å².